The fourth-order valence-corrected chi connectivity index (χ4v) is 4.57. The molecule has 0 bridgehead atoms. The largest absolute Gasteiger partial charge is 0.338 e. The normalized spacial score (nSPS) is 19.9. The number of benzene rings is 1. The molecule has 1 aromatic rings. The van der Waals surface area contributed by atoms with Crippen molar-refractivity contribution in [2.45, 2.75) is 57.7 Å². The number of rotatable bonds is 6. The standard InChI is InChI=1S/C23H33N5O2/c1-18(2)20(16-24)27-12-14-28(15-13-27)21(29)23(10-6-7-11-23)26-22(30)25-17-19-8-4-3-5-9-19/h3-5,8-9,18,20H,6-7,10-15,17H2,1-2H3,(H2,25,26,30). The first-order valence-electron chi connectivity index (χ1n) is 11.0. The summed E-state index contributed by atoms with van der Waals surface area (Å²) < 4.78 is 0. The Morgan fingerprint density at radius 1 is 1.10 bits per heavy atom. The summed E-state index contributed by atoms with van der Waals surface area (Å²) in [6, 6.07) is 11.7. The van der Waals surface area contributed by atoms with Crippen LogP contribution in [0.2, 0.25) is 0 Å². The maximum atomic E-state index is 13.4. The van der Waals surface area contributed by atoms with Gasteiger partial charge in [0.15, 0.2) is 0 Å². The molecule has 7 nitrogen and oxygen atoms in total. The van der Waals surface area contributed by atoms with E-state index in [4.69, 9.17) is 0 Å². The number of nitrogens with one attached hydrogen (secondary N) is 2. The van der Waals surface area contributed by atoms with Gasteiger partial charge in [-0.1, -0.05) is 57.0 Å². The van der Waals surface area contributed by atoms with Crippen molar-refractivity contribution in [1.29, 1.82) is 5.26 Å². The number of piperazine rings is 1. The lowest BCUT2D eigenvalue weighted by atomic mass is 9.94. The van der Waals surface area contributed by atoms with Crippen LogP contribution in [0.4, 0.5) is 4.79 Å². The first kappa shape index (κ1) is 22.1. The molecule has 0 spiro atoms. The molecular formula is C23H33N5O2. The predicted octanol–water partition coefficient (Wildman–Crippen LogP) is 2.49. The van der Waals surface area contributed by atoms with Crippen molar-refractivity contribution in [3.05, 3.63) is 35.9 Å². The Morgan fingerprint density at radius 3 is 2.30 bits per heavy atom. The van der Waals surface area contributed by atoms with Gasteiger partial charge in [-0.25, -0.2) is 4.79 Å². The molecule has 1 aliphatic heterocycles. The van der Waals surface area contributed by atoms with Crippen molar-refractivity contribution < 1.29 is 9.59 Å². The van der Waals surface area contributed by atoms with Crippen LogP contribution in [0.15, 0.2) is 30.3 Å². The SMILES string of the molecule is CC(C)C(C#N)N1CCN(C(=O)C2(NC(=O)NCc3ccccc3)CCCC2)CC1. The van der Waals surface area contributed by atoms with E-state index >= 15 is 0 Å². The molecule has 162 valence electrons. The quantitative estimate of drug-likeness (QED) is 0.753. The summed E-state index contributed by atoms with van der Waals surface area (Å²) in [5.74, 6) is 0.279. The van der Waals surface area contributed by atoms with Crippen molar-refractivity contribution in [3.8, 4) is 6.07 Å². The lowest BCUT2D eigenvalue weighted by Gasteiger charge is -2.41. The van der Waals surface area contributed by atoms with E-state index in [1.54, 1.807) is 0 Å². The number of hydrogen-bond acceptors (Lipinski definition) is 4. The van der Waals surface area contributed by atoms with Crippen LogP contribution in [0, 0.1) is 17.2 Å². The molecule has 30 heavy (non-hydrogen) atoms. The minimum atomic E-state index is -0.810. The molecule has 2 fully saturated rings. The lowest BCUT2D eigenvalue weighted by Crippen LogP contribution is -2.63. The summed E-state index contributed by atoms with van der Waals surface area (Å²) in [5, 5.41) is 15.3. The third-order valence-corrected chi connectivity index (χ3v) is 6.27. The minimum Gasteiger partial charge on any atom is -0.338 e. The molecular weight excluding hydrogens is 378 g/mol. The highest BCUT2D eigenvalue weighted by atomic mass is 16.2. The first-order valence-corrected chi connectivity index (χ1v) is 11.0. The fraction of sp³-hybridized carbons (Fsp3) is 0.609. The van der Waals surface area contributed by atoms with Crippen LogP contribution in [0.25, 0.3) is 0 Å². The second kappa shape index (κ2) is 9.94. The van der Waals surface area contributed by atoms with Gasteiger partial charge in [0, 0.05) is 32.7 Å². The van der Waals surface area contributed by atoms with Crippen molar-refractivity contribution in [2.75, 3.05) is 26.2 Å². The van der Waals surface area contributed by atoms with Gasteiger partial charge in [0.2, 0.25) is 5.91 Å². The highest BCUT2D eigenvalue weighted by molar-refractivity contribution is 5.91. The van der Waals surface area contributed by atoms with Crippen LogP contribution in [-0.2, 0) is 11.3 Å². The van der Waals surface area contributed by atoms with Gasteiger partial charge < -0.3 is 15.5 Å². The number of nitrogens with zero attached hydrogens (tertiary/aromatic N) is 3. The number of carbonyl (C=O) groups is 2. The third kappa shape index (κ3) is 5.11. The summed E-state index contributed by atoms with van der Waals surface area (Å²) in [7, 11) is 0. The molecule has 1 saturated carbocycles. The average molecular weight is 412 g/mol. The number of carbonyl (C=O) groups excluding carboxylic acids is 2. The summed E-state index contributed by atoms with van der Waals surface area (Å²) in [5.41, 5.74) is 0.211. The van der Waals surface area contributed by atoms with Crippen LogP contribution in [0.1, 0.15) is 45.1 Å². The summed E-state index contributed by atoms with van der Waals surface area (Å²) in [4.78, 5) is 30.0. The van der Waals surface area contributed by atoms with E-state index in [-0.39, 0.29) is 23.9 Å². The van der Waals surface area contributed by atoms with E-state index in [0.717, 1.165) is 18.4 Å². The molecule has 3 amide bonds. The van der Waals surface area contributed by atoms with Gasteiger partial charge in [0.1, 0.15) is 11.6 Å². The molecule has 1 unspecified atom stereocenters. The van der Waals surface area contributed by atoms with Crippen molar-refractivity contribution in [3.63, 3.8) is 0 Å². The zero-order chi connectivity index (χ0) is 21.6. The van der Waals surface area contributed by atoms with Crippen molar-refractivity contribution in [1.82, 2.24) is 20.4 Å². The van der Waals surface area contributed by atoms with Crippen molar-refractivity contribution >= 4 is 11.9 Å². The number of urea groups is 1. The molecule has 1 aromatic carbocycles. The fourth-order valence-electron chi connectivity index (χ4n) is 4.57. The van der Waals surface area contributed by atoms with E-state index in [2.05, 4.69) is 35.5 Å². The molecule has 2 aliphatic rings. The molecule has 1 atom stereocenters. The molecule has 1 saturated heterocycles. The Morgan fingerprint density at radius 2 is 1.73 bits per heavy atom. The Labute approximate surface area is 179 Å². The Balaban J connectivity index is 1.58. The molecule has 0 aromatic heterocycles. The van der Waals surface area contributed by atoms with Crippen LogP contribution in [-0.4, -0.2) is 59.5 Å². The number of hydrogen-bond donors (Lipinski definition) is 2. The van der Waals surface area contributed by atoms with E-state index in [1.165, 1.54) is 0 Å². The van der Waals surface area contributed by atoms with Gasteiger partial charge in [0.05, 0.1) is 6.07 Å². The summed E-state index contributed by atoms with van der Waals surface area (Å²) in [6.07, 6.45) is 3.23. The predicted molar refractivity (Wildman–Crippen MR) is 115 cm³/mol. The second-order valence-electron chi connectivity index (χ2n) is 8.73. The average Bonchev–Trinajstić information content (AvgIpc) is 3.23. The zero-order valence-electron chi connectivity index (χ0n) is 18.1. The van der Waals surface area contributed by atoms with Gasteiger partial charge in [-0.2, -0.15) is 5.26 Å². The summed E-state index contributed by atoms with van der Waals surface area (Å²) in [6.45, 7) is 7.11. The monoisotopic (exact) mass is 411 g/mol. The van der Waals surface area contributed by atoms with E-state index in [1.807, 2.05) is 35.2 Å². The number of nitriles is 1. The topological polar surface area (TPSA) is 88.5 Å². The highest BCUT2D eigenvalue weighted by Crippen LogP contribution is 2.32. The van der Waals surface area contributed by atoms with Crippen LogP contribution < -0.4 is 10.6 Å². The lowest BCUT2D eigenvalue weighted by molar-refractivity contribution is -0.140. The Kier molecular flexibility index (Phi) is 7.33. The molecule has 1 aliphatic carbocycles. The first-order chi connectivity index (χ1) is 14.4. The van der Waals surface area contributed by atoms with Gasteiger partial charge in [-0.3, -0.25) is 9.69 Å². The van der Waals surface area contributed by atoms with E-state index < -0.39 is 5.54 Å². The van der Waals surface area contributed by atoms with Crippen LogP contribution >= 0.6 is 0 Å². The van der Waals surface area contributed by atoms with Gasteiger partial charge in [0.25, 0.3) is 0 Å². The van der Waals surface area contributed by atoms with Crippen LogP contribution in [0.3, 0.4) is 0 Å². The molecule has 0 radical (unpaired) electrons. The molecule has 3 rings (SSSR count). The van der Waals surface area contributed by atoms with Gasteiger partial charge in [-0.05, 0) is 24.3 Å². The van der Waals surface area contributed by atoms with Gasteiger partial charge >= 0.3 is 6.03 Å². The minimum absolute atomic E-state index is 0.0209. The Hall–Kier alpha value is -2.59. The zero-order valence-corrected chi connectivity index (χ0v) is 18.1. The second-order valence-corrected chi connectivity index (χ2v) is 8.73. The Bertz CT molecular complexity index is 760. The third-order valence-electron chi connectivity index (χ3n) is 6.27. The highest BCUT2D eigenvalue weighted by Gasteiger charge is 2.45. The maximum absolute atomic E-state index is 13.4. The smallest absolute Gasteiger partial charge is 0.315 e. The van der Waals surface area contributed by atoms with E-state index in [0.29, 0.717) is 45.6 Å². The van der Waals surface area contributed by atoms with E-state index in [9.17, 15) is 14.9 Å². The number of amides is 3. The summed E-state index contributed by atoms with van der Waals surface area (Å²) >= 11 is 0. The van der Waals surface area contributed by atoms with Crippen molar-refractivity contribution in [2.24, 2.45) is 5.92 Å². The van der Waals surface area contributed by atoms with Gasteiger partial charge in [-0.15, -0.1) is 0 Å². The molecule has 2 N–H and O–H groups in total. The maximum Gasteiger partial charge on any atom is 0.315 e. The molecule has 7 heteroatoms. The molecule has 1 heterocycles. The van der Waals surface area contributed by atoms with Crippen LogP contribution in [0.5, 0.6) is 0 Å².